The molecule has 0 aliphatic carbocycles. The van der Waals surface area contributed by atoms with Gasteiger partial charge in [-0.05, 0) is 35.7 Å². The van der Waals surface area contributed by atoms with Gasteiger partial charge in [-0.1, -0.05) is 12.1 Å². The van der Waals surface area contributed by atoms with E-state index in [1.807, 2.05) is 30.3 Å². The van der Waals surface area contributed by atoms with Crippen molar-refractivity contribution in [2.75, 3.05) is 18.5 Å². The van der Waals surface area contributed by atoms with E-state index in [2.05, 4.69) is 5.32 Å². The number of carbonyl (C=O) groups excluding carboxylic acids is 1. The second-order valence-corrected chi connectivity index (χ2v) is 6.12. The van der Waals surface area contributed by atoms with E-state index in [1.54, 1.807) is 11.3 Å². The normalized spacial score (nSPS) is 13.8. The maximum absolute atomic E-state index is 12.3. The Morgan fingerprint density at radius 2 is 2.14 bits per heavy atom. The summed E-state index contributed by atoms with van der Waals surface area (Å²) in [6, 6.07) is 9.48. The van der Waals surface area contributed by atoms with E-state index in [-0.39, 0.29) is 12.5 Å². The minimum Gasteiger partial charge on any atom is -0.396 e. The Hall–Kier alpha value is -1.69. The van der Waals surface area contributed by atoms with Crippen molar-refractivity contribution >= 4 is 22.9 Å². The zero-order valence-electron chi connectivity index (χ0n) is 11.6. The van der Waals surface area contributed by atoms with Crippen LogP contribution in [-0.4, -0.2) is 24.2 Å². The van der Waals surface area contributed by atoms with Gasteiger partial charge in [0.1, 0.15) is 0 Å². The van der Waals surface area contributed by atoms with Crippen LogP contribution in [0.2, 0.25) is 0 Å². The zero-order chi connectivity index (χ0) is 14.7. The largest absolute Gasteiger partial charge is 0.396 e. The molecule has 0 spiro atoms. The van der Waals surface area contributed by atoms with Gasteiger partial charge in [-0.2, -0.15) is 0 Å². The minimum atomic E-state index is -0.0793. The van der Waals surface area contributed by atoms with Gasteiger partial charge in [0.15, 0.2) is 0 Å². The van der Waals surface area contributed by atoms with Crippen LogP contribution < -0.4 is 5.32 Å². The Labute approximate surface area is 127 Å². The molecular formula is C16H17NO3S. The first-order valence-corrected chi connectivity index (χ1v) is 7.78. The summed E-state index contributed by atoms with van der Waals surface area (Å²) in [4.78, 5) is 14.2. The van der Waals surface area contributed by atoms with E-state index in [4.69, 9.17) is 9.84 Å². The summed E-state index contributed by atoms with van der Waals surface area (Å²) >= 11 is 1.55. The molecule has 110 valence electrons. The predicted molar refractivity (Wildman–Crippen MR) is 82.9 cm³/mol. The predicted octanol–water partition coefficient (Wildman–Crippen LogP) is 2.61. The monoisotopic (exact) mass is 303 g/mol. The molecule has 2 aromatic rings. The average molecular weight is 303 g/mol. The van der Waals surface area contributed by atoms with Gasteiger partial charge in [0.05, 0.1) is 18.1 Å². The van der Waals surface area contributed by atoms with E-state index in [9.17, 15) is 4.79 Å². The standard InChI is InChI=1S/C16H17NO3S/c18-7-5-11-1-3-13(4-2-11)17-16(19)15-9-12-10-20-8-6-14(12)21-15/h1-4,9,18H,5-8,10H2,(H,17,19). The molecule has 1 aromatic carbocycles. The fraction of sp³-hybridized carbons (Fsp3) is 0.312. The molecule has 3 rings (SSSR count). The second-order valence-electron chi connectivity index (χ2n) is 4.99. The van der Waals surface area contributed by atoms with Gasteiger partial charge in [-0.3, -0.25) is 4.79 Å². The third-order valence-electron chi connectivity index (χ3n) is 3.46. The molecule has 5 heteroatoms. The van der Waals surface area contributed by atoms with Crippen molar-refractivity contribution in [3.8, 4) is 0 Å². The van der Waals surface area contributed by atoms with Crippen LogP contribution in [0.3, 0.4) is 0 Å². The minimum absolute atomic E-state index is 0.0793. The first-order valence-electron chi connectivity index (χ1n) is 6.97. The Kier molecular flexibility index (Phi) is 4.34. The van der Waals surface area contributed by atoms with Gasteiger partial charge >= 0.3 is 0 Å². The number of benzene rings is 1. The number of hydrogen-bond acceptors (Lipinski definition) is 4. The molecule has 0 atom stereocenters. The number of rotatable bonds is 4. The van der Waals surface area contributed by atoms with Crippen molar-refractivity contribution in [1.29, 1.82) is 0 Å². The van der Waals surface area contributed by atoms with Crippen molar-refractivity contribution in [3.63, 3.8) is 0 Å². The van der Waals surface area contributed by atoms with Gasteiger partial charge in [0, 0.05) is 23.6 Å². The SMILES string of the molecule is O=C(Nc1ccc(CCO)cc1)c1cc2c(s1)CCOC2. The summed E-state index contributed by atoms with van der Waals surface area (Å²) in [5, 5.41) is 11.8. The van der Waals surface area contributed by atoms with Crippen LogP contribution in [0.4, 0.5) is 5.69 Å². The number of carbonyl (C=O) groups is 1. The number of aliphatic hydroxyl groups is 1. The van der Waals surface area contributed by atoms with Gasteiger partial charge in [0.2, 0.25) is 0 Å². The highest BCUT2D eigenvalue weighted by Crippen LogP contribution is 2.27. The number of anilines is 1. The summed E-state index contributed by atoms with van der Waals surface area (Å²) < 4.78 is 5.40. The molecule has 1 aliphatic heterocycles. The summed E-state index contributed by atoms with van der Waals surface area (Å²) in [6.45, 7) is 1.48. The first-order chi connectivity index (χ1) is 10.3. The molecule has 0 saturated carbocycles. The summed E-state index contributed by atoms with van der Waals surface area (Å²) in [5.41, 5.74) is 2.96. The lowest BCUT2D eigenvalue weighted by atomic mass is 10.1. The highest BCUT2D eigenvalue weighted by molar-refractivity contribution is 7.14. The van der Waals surface area contributed by atoms with Crippen molar-refractivity contribution in [2.24, 2.45) is 0 Å². The first kappa shape index (κ1) is 14.3. The third-order valence-corrected chi connectivity index (χ3v) is 4.70. The third kappa shape index (κ3) is 3.32. The summed E-state index contributed by atoms with van der Waals surface area (Å²) in [6.07, 6.45) is 1.52. The van der Waals surface area contributed by atoms with Crippen molar-refractivity contribution in [3.05, 3.63) is 51.2 Å². The number of aliphatic hydroxyl groups excluding tert-OH is 1. The highest BCUT2D eigenvalue weighted by Gasteiger charge is 2.17. The van der Waals surface area contributed by atoms with Crippen LogP contribution in [0, 0.1) is 0 Å². The van der Waals surface area contributed by atoms with Crippen LogP contribution in [0.25, 0.3) is 0 Å². The number of fused-ring (bicyclic) bond motifs is 1. The smallest absolute Gasteiger partial charge is 0.265 e. The molecule has 0 unspecified atom stereocenters. The molecule has 0 radical (unpaired) electrons. The molecular weight excluding hydrogens is 286 g/mol. The molecule has 1 aromatic heterocycles. The van der Waals surface area contributed by atoms with E-state index < -0.39 is 0 Å². The number of thiophene rings is 1. The fourth-order valence-corrected chi connectivity index (χ4v) is 3.38. The van der Waals surface area contributed by atoms with Crippen LogP contribution in [0.15, 0.2) is 30.3 Å². The van der Waals surface area contributed by atoms with Gasteiger partial charge in [-0.15, -0.1) is 11.3 Å². The number of amides is 1. The van der Waals surface area contributed by atoms with Crippen molar-refractivity contribution in [2.45, 2.75) is 19.4 Å². The molecule has 0 saturated heterocycles. The zero-order valence-corrected chi connectivity index (χ0v) is 12.4. The van der Waals surface area contributed by atoms with E-state index in [0.717, 1.165) is 34.7 Å². The maximum atomic E-state index is 12.3. The molecule has 21 heavy (non-hydrogen) atoms. The number of ether oxygens (including phenoxy) is 1. The van der Waals surface area contributed by atoms with Gasteiger partial charge in [0.25, 0.3) is 5.91 Å². The highest BCUT2D eigenvalue weighted by atomic mass is 32.1. The Morgan fingerprint density at radius 1 is 1.33 bits per heavy atom. The topological polar surface area (TPSA) is 58.6 Å². The van der Waals surface area contributed by atoms with Crippen LogP contribution in [-0.2, 0) is 24.2 Å². The summed E-state index contributed by atoms with van der Waals surface area (Å²) in [5.74, 6) is -0.0793. The molecule has 1 amide bonds. The van der Waals surface area contributed by atoms with Crippen LogP contribution >= 0.6 is 11.3 Å². The second kappa shape index (κ2) is 6.39. The number of nitrogens with one attached hydrogen (secondary N) is 1. The van der Waals surface area contributed by atoms with Crippen molar-refractivity contribution < 1.29 is 14.6 Å². The van der Waals surface area contributed by atoms with Gasteiger partial charge < -0.3 is 15.2 Å². The molecule has 0 fully saturated rings. The van der Waals surface area contributed by atoms with Crippen LogP contribution in [0.5, 0.6) is 0 Å². The lowest BCUT2D eigenvalue weighted by molar-refractivity contribution is 0.102. The molecule has 0 bridgehead atoms. The molecule has 4 nitrogen and oxygen atoms in total. The molecule has 1 aliphatic rings. The molecule has 2 N–H and O–H groups in total. The Balaban J connectivity index is 1.69. The summed E-state index contributed by atoms with van der Waals surface area (Å²) in [7, 11) is 0. The van der Waals surface area contributed by atoms with Gasteiger partial charge in [-0.25, -0.2) is 0 Å². The lowest BCUT2D eigenvalue weighted by Gasteiger charge is -2.10. The Bertz CT molecular complexity index is 610. The quantitative estimate of drug-likeness (QED) is 0.913. The fourth-order valence-electron chi connectivity index (χ4n) is 2.34. The Morgan fingerprint density at radius 3 is 2.86 bits per heavy atom. The van der Waals surface area contributed by atoms with E-state index >= 15 is 0 Å². The lowest BCUT2D eigenvalue weighted by Crippen LogP contribution is -2.10. The van der Waals surface area contributed by atoms with E-state index in [1.165, 1.54) is 4.88 Å². The molecule has 2 heterocycles. The number of hydrogen-bond donors (Lipinski definition) is 2. The van der Waals surface area contributed by atoms with E-state index in [0.29, 0.717) is 13.0 Å². The average Bonchev–Trinajstić information content (AvgIpc) is 2.94. The van der Waals surface area contributed by atoms with Crippen LogP contribution in [0.1, 0.15) is 25.7 Å². The maximum Gasteiger partial charge on any atom is 0.265 e. The van der Waals surface area contributed by atoms with Crippen molar-refractivity contribution in [1.82, 2.24) is 0 Å².